The van der Waals surface area contributed by atoms with Gasteiger partial charge < -0.3 is 0 Å². The fraction of sp³-hybridized carbons (Fsp3) is 0.952. The molecule has 78 heavy (non-hydrogen) atoms. The summed E-state index contributed by atoms with van der Waals surface area (Å²) in [6, 6.07) is -1.24. The van der Waals surface area contributed by atoms with E-state index in [-0.39, 0.29) is 103 Å². The van der Waals surface area contributed by atoms with Crippen LogP contribution in [0.1, 0.15) is 243 Å². The summed E-state index contributed by atoms with van der Waals surface area (Å²) in [5.41, 5.74) is -4.87. The lowest BCUT2D eigenvalue weighted by atomic mass is 9.74. The molecule has 450 valence electrons. The molecule has 15 nitrogen and oxygen atoms in total. The molecule has 0 saturated carbocycles. The maximum atomic E-state index is 17.4. The second-order valence-electron chi connectivity index (χ2n) is 34.4. The van der Waals surface area contributed by atoms with Crippen LogP contribution in [-0.4, -0.2) is 188 Å². The van der Waals surface area contributed by atoms with Crippen molar-refractivity contribution in [3.05, 3.63) is 31.5 Å². The van der Waals surface area contributed by atoms with Crippen LogP contribution in [0.25, 0.3) is 0 Å². The van der Waals surface area contributed by atoms with Crippen molar-refractivity contribution in [3.8, 4) is 0 Å². The second-order valence-corrected chi connectivity index (χ2v) is 34.4. The Kier molecular flexibility index (Phi) is 15.6. The van der Waals surface area contributed by atoms with E-state index in [0.717, 1.165) is 77.0 Å². The highest BCUT2D eigenvalue weighted by Crippen LogP contribution is 2.48. The van der Waals surface area contributed by atoms with Crippen LogP contribution in [0, 0.1) is 0 Å². The van der Waals surface area contributed by atoms with Crippen molar-refractivity contribution in [2.45, 2.75) is 346 Å². The average molecular weight is 1090 g/mol. The van der Waals surface area contributed by atoms with Gasteiger partial charge in [0, 0.05) is 103 Å². The van der Waals surface area contributed by atoms with Gasteiger partial charge in [0.25, 0.3) is 0 Å². The van der Waals surface area contributed by atoms with E-state index in [1.165, 1.54) is 0 Å². The van der Waals surface area contributed by atoms with Gasteiger partial charge in [-0.25, -0.2) is 14.4 Å². The fourth-order valence-corrected chi connectivity index (χ4v) is 18.0. The first-order valence-electron chi connectivity index (χ1n) is 30.6. The molecule has 0 spiro atoms. The smallest absolute Gasteiger partial charge is 0.298 e. The molecular formula is C63H120N12O3. The molecule has 0 aromatic carbocycles. The minimum Gasteiger partial charge on any atom is -0.298 e. The van der Waals surface area contributed by atoms with E-state index in [1.54, 1.807) is 14.0 Å². The normalized spacial score (nSPS) is 30.1. The zero-order valence-corrected chi connectivity index (χ0v) is 56.0. The molecule has 0 aliphatic carbocycles. The first-order valence-corrected chi connectivity index (χ1v) is 30.6. The summed E-state index contributed by atoms with van der Waals surface area (Å²) in [5, 5.41) is 6.95. The Hall–Kier alpha value is -2.43. The predicted molar refractivity (Wildman–Crippen MR) is 328 cm³/mol. The largest absolute Gasteiger partial charge is 0.374 e. The standard InChI is InChI=1S/C63H120N12O3/c1-52(2)31-43(32-53(3,4)64(52)25)70(44-33-54(5,6)65(26)55(7,8)34-44)73-49(76)74(71(45-35-56(9,10)66(27)57(11,12)36-45)46-37-58(13,14)67(28)59(15,16)38-46)51(78)75(50(73)77)72(47-39-60(17,18)68(29)61(19,20)40-47)48-41-62(21,22)69(30)63(23,24)42-48/h43-48H,31-42H2,1-30H3. The van der Waals surface area contributed by atoms with E-state index in [4.69, 9.17) is 0 Å². The van der Waals surface area contributed by atoms with E-state index >= 15 is 14.4 Å². The fourth-order valence-electron chi connectivity index (χ4n) is 18.0. The highest BCUT2D eigenvalue weighted by Gasteiger charge is 2.57. The van der Waals surface area contributed by atoms with Crippen molar-refractivity contribution in [1.82, 2.24) is 43.4 Å². The molecule has 7 rings (SSSR count). The Morgan fingerprint density at radius 1 is 0.231 bits per heavy atom. The van der Waals surface area contributed by atoms with E-state index in [0.29, 0.717) is 0 Å². The topological polar surface area (TPSA) is 95.2 Å². The first kappa shape index (κ1) is 63.2. The van der Waals surface area contributed by atoms with Crippen LogP contribution in [0.3, 0.4) is 0 Å². The molecule has 6 aliphatic heterocycles. The van der Waals surface area contributed by atoms with Gasteiger partial charge in [0.1, 0.15) is 0 Å². The SMILES string of the molecule is CN1C(C)(C)CC(N(C2CC(C)(C)N(C)C(C)(C)C2)n2c(=O)n(N(C3CC(C)(C)N(C)C(C)(C)C3)C3CC(C)(C)N(C)C(C)(C)C3)c(=O)n(N(C3CC(C)(C)N(C)C(C)(C)C3)C3CC(C)(C)N(C)C(C)(C)C3)c2=O)CC1(C)C. The zero-order valence-electron chi connectivity index (χ0n) is 56.0. The first-order chi connectivity index (χ1) is 34.8. The Balaban J connectivity index is 1.70. The molecule has 0 bridgehead atoms. The van der Waals surface area contributed by atoms with Crippen molar-refractivity contribution in [3.63, 3.8) is 0 Å². The molecule has 0 amide bonds. The van der Waals surface area contributed by atoms with Gasteiger partial charge in [0.15, 0.2) is 0 Å². The van der Waals surface area contributed by atoms with Crippen LogP contribution in [0.2, 0.25) is 0 Å². The van der Waals surface area contributed by atoms with Crippen molar-refractivity contribution >= 4 is 0 Å². The number of aromatic nitrogens is 3. The second kappa shape index (κ2) is 19.3. The van der Waals surface area contributed by atoms with Crippen LogP contribution in [0.4, 0.5) is 0 Å². The molecule has 6 aliphatic rings. The Labute approximate surface area is 476 Å². The Morgan fingerprint density at radius 3 is 0.410 bits per heavy atom. The molecular weight excluding hydrogens is 973 g/mol. The average Bonchev–Trinajstić information content (AvgIpc) is 3.24. The molecule has 7 heterocycles. The van der Waals surface area contributed by atoms with Gasteiger partial charge in [-0.05, 0) is 286 Å². The summed E-state index contributed by atoms with van der Waals surface area (Å²) in [4.78, 5) is 67.2. The molecule has 1 aromatic rings. The molecule has 6 saturated heterocycles. The van der Waals surface area contributed by atoms with Gasteiger partial charge in [-0.2, -0.15) is 0 Å². The molecule has 0 unspecified atom stereocenters. The summed E-state index contributed by atoms with van der Waals surface area (Å²) in [6.07, 6.45) is 8.86. The van der Waals surface area contributed by atoms with Gasteiger partial charge >= 0.3 is 17.1 Å². The highest BCUT2D eigenvalue weighted by atomic mass is 16.2. The lowest BCUT2D eigenvalue weighted by Crippen LogP contribution is -2.79. The maximum Gasteiger partial charge on any atom is 0.374 e. The van der Waals surface area contributed by atoms with E-state index in [1.807, 2.05) is 0 Å². The van der Waals surface area contributed by atoms with Crippen LogP contribution in [0.5, 0.6) is 0 Å². The third-order valence-electron chi connectivity index (χ3n) is 23.7. The predicted octanol–water partition coefficient (Wildman–Crippen LogP) is 8.89. The summed E-state index contributed by atoms with van der Waals surface area (Å²) in [5.74, 6) is 0. The molecule has 6 fully saturated rings. The number of piperidine rings is 6. The summed E-state index contributed by atoms with van der Waals surface area (Å²) < 4.78 is 4.83. The Bertz CT molecular complexity index is 2030. The monoisotopic (exact) mass is 1090 g/mol. The maximum absolute atomic E-state index is 17.4. The molecule has 15 heteroatoms. The lowest BCUT2D eigenvalue weighted by Gasteiger charge is -2.61. The van der Waals surface area contributed by atoms with E-state index in [2.05, 4.69) is 253 Å². The number of nitrogens with zero attached hydrogens (tertiary/aromatic N) is 12. The van der Waals surface area contributed by atoms with E-state index < -0.39 is 17.1 Å². The minimum absolute atomic E-state index is 0.206. The van der Waals surface area contributed by atoms with Gasteiger partial charge in [0.2, 0.25) is 0 Å². The van der Waals surface area contributed by atoms with Crippen LogP contribution in [-0.2, 0) is 0 Å². The lowest BCUT2D eigenvalue weighted by molar-refractivity contribution is -0.0434. The Morgan fingerprint density at radius 2 is 0.321 bits per heavy atom. The van der Waals surface area contributed by atoms with Crippen molar-refractivity contribution < 1.29 is 0 Å². The van der Waals surface area contributed by atoms with Gasteiger partial charge in [-0.15, -0.1) is 14.0 Å². The summed E-state index contributed by atoms with van der Waals surface area (Å²) in [7, 11) is 13.4. The number of likely N-dealkylation sites (tertiary alicyclic amines) is 6. The number of hydrogen-bond donors (Lipinski definition) is 0. The van der Waals surface area contributed by atoms with Crippen LogP contribution < -0.4 is 32.1 Å². The van der Waals surface area contributed by atoms with Gasteiger partial charge in [0.05, 0.1) is 0 Å². The van der Waals surface area contributed by atoms with E-state index in [9.17, 15) is 0 Å². The quantitative estimate of drug-likeness (QED) is 0.237. The summed E-state index contributed by atoms with van der Waals surface area (Å²) in [6.45, 7) is 55.8. The van der Waals surface area contributed by atoms with Crippen molar-refractivity contribution in [2.75, 3.05) is 57.3 Å². The van der Waals surface area contributed by atoms with Crippen LogP contribution >= 0.6 is 0 Å². The summed E-state index contributed by atoms with van der Waals surface area (Å²) >= 11 is 0. The van der Waals surface area contributed by atoms with Crippen molar-refractivity contribution in [2.24, 2.45) is 0 Å². The van der Waals surface area contributed by atoms with Crippen LogP contribution in [0.15, 0.2) is 14.4 Å². The molecule has 0 N–H and O–H groups in total. The van der Waals surface area contributed by atoms with Gasteiger partial charge in [-0.1, -0.05) is 0 Å². The highest BCUT2D eigenvalue weighted by molar-refractivity contribution is 5.22. The number of hydrogen-bond acceptors (Lipinski definition) is 12. The third-order valence-corrected chi connectivity index (χ3v) is 23.7. The third kappa shape index (κ3) is 10.8. The molecule has 0 radical (unpaired) electrons. The molecule has 1 aromatic heterocycles. The zero-order chi connectivity index (χ0) is 59.6. The van der Waals surface area contributed by atoms with Gasteiger partial charge in [-0.3, -0.25) is 44.4 Å². The minimum atomic E-state index is -0.526. The van der Waals surface area contributed by atoms with Crippen molar-refractivity contribution in [1.29, 1.82) is 0 Å². The molecule has 0 atom stereocenters. The number of rotatable bonds is 9.